The van der Waals surface area contributed by atoms with Crippen molar-refractivity contribution in [2.75, 3.05) is 26.4 Å². The summed E-state index contributed by atoms with van der Waals surface area (Å²) in [5.74, 6) is -4.09. The van der Waals surface area contributed by atoms with E-state index in [2.05, 4.69) is 0 Å². The quantitative estimate of drug-likeness (QED) is 0.194. The SMILES string of the molecule is O=C1C2CC3CC1CC(C(=O)OCC1(COC(=O)C45CC6CC(C4)C(O)C(C6)C5)COC4(OC1)C1CC5CC4CC(OC(=O)C(F)(F)S(=O)(=O)O)(C5)C1)(C3)C2. The van der Waals surface area contributed by atoms with Gasteiger partial charge in [0.1, 0.15) is 24.6 Å². The molecule has 13 nitrogen and oxygen atoms in total. The van der Waals surface area contributed by atoms with Crippen LogP contribution >= 0.6 is 0 Å². The number of ketones is 1. The molecule has 1 saturated heterocycles. The van der Waals surface area contributed by atoms with Gasteiger partial charge in [0.25, 0.3) is 0 Å². The third-order valence-corrected chi connectivity index (χ3v) is 17.3. The zero-order valence-electron chi connectivity index (χ0n) is 30.8. The number of rotatable bonds is 9. The van der Waals surface area contributed by atoms with Crippen molar-refractivity contribution < 1.29 is 69.7 Å². The van der Waals surface area contributed by atoms with Crippen molar-refractivity contribution in [2.24, 2.45) is 69.5 Å². The fourth-order valence-corrected chi connectivity index (χ4v) is 14.9. The van der Waals surface area contributed by atoms with Crippen molar-refractivity contribution >= 4 is 33.8 Å². The first-order valence-electron chi connectivity index (χ1n) is 20.3. The van der Waals surface area contributed by atoms with Gasteiger partial charge in [0.05, 0.1) is 35.6 Å². The standard InChI is InChI=1S/C39H50F2O13S/c40-39(41,55(47,48)49)33(46)54-37-9-22-5-27(14-37)38(28(6-22)15-37)52-18-34(19-53-38,16-50-31(44)35-7-20-1-23(10-35)29(42)24(2-20)11-35)17-51-32(45)36-8-21-3-25(12-36)30(43)26(4-21)13-36/h20-29,42H,1-19H2,(H,47,48,49). The Hall–Kier alpha value is -2.27. The molecule has 1 spiro atoms. The number of hydrogen-bond acceptors (Lipinski definition) is 12. The fraction of sp³-hybridized carbons (Fsp3) is 0.897. The van der Waals surface area contributed by atoms with Gasteiger partial charge in [-0.15, -0.1) is 0 Å². The molecule has 0 aromatic carbocycles. The molecule has 0 amide bonds. The van der Waals surface area contributed by atoms with Crippen LogP contribution in [0.3, 0.4) is 0 Å². The highest BCUT2D eigenvalue weighted by Crippen LogP contribution is 2.65. The molecular formula is C39H50F2O13S. The van der Waals surface area contributed by atoms with Crippen LogP contribution in [0.15, 0.2) is 0 Å². The van der Waals surface area contributed by atoms with E-state index in [-0.39, 0.29) is 93.0 Å². The highest BCUT2D eigenvalue weighted by molar-refractivity contribution is 7.87. The molecule has 0 aromatic heterocycles. The van der Waals surface area contributed by atoms with E-state index in [1.165, 1.54) is 0 Å². The Labute approximate surface area is 318 Å². The predicted molar refractivity (Wildman–Crippen MR) is 181 cm³/mol. The maximum atomic E-state index is 14.3. The molecule has 12 aliphatic carbocycles. The number of aliphatic hydroxyl groups excluding tert-OH is 1. The average molecular weight is 797 g/mol. The van der Waals surface area contributed by atoms with Crippen LogP contribution in [0.5, 0.6) is 0 Å². The molecule has 55 heavy (non-hydrogen) atoms. The minimum absolute atomic E-state index is 0.00219. The molecule has 0 radical (unpaired) electrons. The Morgan fingerprint density at radius 2 is 1.22 bits per heavy atom. The Balaban J connectivity index is 0.870. The van der Waals surface area contributed by atoms with Crippen LogP contribution < -0.4 is 0 Å². The van der Waals surface area contributed by atoms with Crippen LogP contribution in [0.1, 0.15) is 96.3 Å². The zero-order chi connectivity index (χ0) is 38.6. The molecule has 1 heterocycles. The molecule has 12 saturated carbocycles. The minimum atomic E-state index is -6.03. The number of alkyl halides is 2. The van der Waals surface area contributed by atoms with E-state index in [9.17, 15) is 41.5 Å². The van der Waals surface area contributed by atoms with Gasteiger partial charge < -0.3 is 28.8 Å². The maximum absolute atomic E-state index is 14.3. The largest absolute Gasteiger partial charge is 0.465 e. The van der Waals surface area contributed by atoms with Crippen LogP contribution in [0, 0.1) is 69.5 Å². The van der Waals surface area contributed by atoms with Gasteiger partial charge in [-0.2, -0.15) is 17.2 Å². The monoisotopic (exact) mass is 796 g/mol. The first-order valence-corrected chi connectivity index (χ1v) is 21.7. The first kappa shape index (κ1) is 37.0. The molecule has 6 unspecified atom stereocenters. The molecule has 304 valence electrons. The first-order chi connectivity index (χ1) is 25.9. The summed E-state index contributed by atoms with van der Waals surface area (Å²) < 4.78 is 91.3. The number of Topliss-reactive ketones (excluding diaryl/α,β-unsaturated/α-hetero) is 1. The summed E-state index contributed by atoms with van der Waals surface area (Å²) in [5.41, 5.74) is -3.84. The number of hydrogen-bond donors (Lipinski definition) is 2. The summed E-state index contributed by atoms with van der Waals surface area (Å²) in [6.45, 7) is -0.284. The molecule has 13 aliphatic rings. The number of carbonyl (C=O) groups is 4. The van der Waals surface area contributed by atoms with Crippen molar-refractivity contribution in [3.8, 4) is 0 Å². The second-order valence-corrected chi connectivity index (χ2v) is 21.6. The molecular weight excluding hydrogens is 746 g/mol. The van der Waals surface area contributed by atoms with Gasteiger partial charge in [0, 0.05) is 23.7 Å². The van der Waals surface area contributed by atoms with Crippen LogP contribution in [0.4, 0.5) is 8.78 Å². The normalized spacial score (nSPS) is 50.1. The summed E-state index contributed by atoms with van der Waals surface area (Å²) in [4.78, 5) is 53.4. The van der Waals surface area contributed by atoms with Crippen molar-refractivity contribution in [2.45, 2.75) is 119 Å². The highest BCUT2D eigenvalue weighted by Gasteiger charge is 2.69. The molecule has 6 atom stereocenters. The molecule has 2 N–H and O–H groups in total. The molecule has 1 aliphatic heterocycles. The van der Waals surface area contributed by atoms with Gasteiger partial charge >= 0.3 is 33.3 Å². The van der Waals surface area contributed by atoms with Gasteiger partial charge in [-0.25, -0.2) is 4.79 Å². The number of halogens is 2. The molecule has 13 rings (SSSR count). The van der Waals surface area contributed by atoms with E-state index in [4.69, 9.17) is 28.2 Å². The summed E-state index contributed by atoms with van der Waals surface area (Å²) >= 11 is 0. The molecule has 12 bridgehead atoms. The Bertz CT molecular complexity index is 1750. The zero-order valence-corrected chi connectivity index (χ0v) is 31.6. The third kappa shape index (κ3) is 5.48. The summed E-state index contributed by atoms with van der Waals surface area (Å²) in [7, 11) is -6.03. The van der Waals surface area contributed by atoms with Crippen LogP contribution in [0.25, 0.3) is 0 Å². The Morgan fingerprint density at radius 1 is 0.727 bits per heavy atom. The van der Waals surface area contributed by atoms with Crippen LogP contribution in [-0.2, 0) is 53.0 Å². The number of carbonyl (C=O) groups excluding carboxylic acids is 4. The van der Waals surface area contributed by atoms with Gasteiger partial charge in [-0.3, -0.25) is 18.9 Å². The summed E-state index contributed by atoms with van der Waals surface area (Å²) in [6, 6.07) is 0. The van der Waals surface area contributed by atoms with E-state index in [1.54, 1.807) is 0 Å². The lowest BCUT2D eigenvalue weighted by Gasteiger charge is -2.65. The van der Waals surface area contributed by atoms with Gasteiger partial charge in [-0.1, -0.05) is 0 Å². The maximum Gasteiger partial charge on any atom is 0.465 e. The van der Waals surface area contributed by atoms with Gasteiger partial charge in [-0.05, 0) is 126 Å². The molecule has 16 heteroatoms. The topological polar surface area (TPSA) is 189 Å². The van der Waals surface area contributed by atoms with E-state index >= 15 is 0 Å². The van der Waals surface area contributed by atoms with E-state index in [1.807, 2.05) is 0 Å². The Morgan fingerprint density at radius 3 is 1.75 bits per heavy atom. The third-order valence-electron chi connectivity index (χ3n) is 16.5. The van der Waals surface area contributed by atoms with Crippen molar-refractivity contribution in [3.63, 3.8) is 0 Å². The second-order valence-electron chi connectivity index (χ2n) is 20.1. The Kier molecular flexibility index (Phi) is 8.02. The predicted octanol–water partition coefficient (Wildman–Crippen LogP) is 3.99. The minimum Gasteiger partial charge on any atom is -0.464 e. The van der Waals surface area contributed by atoms with Crippen molar-refractivity contribution in [3.05, 3.63) is 0 Å². The lowest BCUT2D eigenvalue weighted by Crippen LogP contribution is -2.70. The van der Waals surface area contributed by atoms with Crippen molar-refractivity contribution in [1.29, 1.82) is 0 Å². The van der Waals surface area contributed by atoms with Crippen LogP contribution in [-0.4, -0.2) is 90.9 Å². The van der Waals surface area contributed by atoms with Gasteiger partial charge in [0.15, 0.2) is 5.79 Å². The average Bonchev–Trinajstić information content (AvgIpc) is 3.12. The number of ether oxygens (including phenoxy) is 5. The van der Waals surface area contributed by atoms with E-state index in [0.29, 0.717) is 56.8 Å². The molecule has 0 aromatic rings. The number of aliphatic hydroxyl groups is 1. The van der Waals surface area contributed by atoms with Crippen LogP contribution in [0.2, 0.25) is 0 Å². The lowest BCUT2D eigenvalue weighted by molar-refractivity contribution is -0.397. The van der Waals surface area contributed by atoms with E-state index < -0.39 is 66.9 Å². The second kappa shape index (κ2) is 11.9. The van der Waals surface area contributed by atoms with E-state index in [0.717, 1.165) is 32.1 Å². The van der Waals surface area contributed by atoms with Gasteiger partial charge in [0.2, 0.25) is 0 Å². The summed E-state index contributed by atoms with van der Waals surface area (Å²) in [5, 5.41) is 5.70. The van der Waals surface area contributed by atoms with Crippen molar-refractivity contribution in [1.82, 2.24) is 0 Å². The number of esters is 3. The lowest BCUT2D eigenvalue weighted by atomic mass is 9.48. The highest BCUT2D eigenvalue weighted by atomic mass is 32.2. The fourth-order valence-electron chi connectivity index (χ4n) is 14.6. The summed E-state index contributed by atoms with van der Waals surface area (Å²) in [6.07, 6.45) is 8.28. The molecule has 13 fully saturated rings. The smallest absolute Gasteiger partial charge is 0.464 e.